The van der Waals surface area contributed by atoms with Crippen LogP contribution in [0.3, 0.4) is 0 Å². The SMILES string of the molecule is COc1cc(OC)c(CNNC(=O)[C@@]2(Cc3ccccc3)N=C(c3ccc(OCCCO)cc3)O[C@H]2c2ccc(Cl)cc2Cl)c(OC)c1. The van der Waals surface area contributed by atoms with Crippen LogP contribution in [0.25, 0.3) is 0 Å². The Morgan fingerprint density at radius 3 is 2.25 bits per heavy atom. The van der Waals surface area contributed by atoms with E-state index in [2.05, 4.69) is 10.9 Å². The number of hydrazine groups is 1. The largest absolute Gasteiger partial charge is 0.496 e. The molecule has 0 spiro atoms. The Hall–Kier alpha value is -4.48. The van der Waals surface area contributed by atoms with Crippen molar-refractivity contribution in [3.63, 3.8) is 0 Å². The summed E-state index contributed by atoms with van der Waals surface area (Å²) in [4.78, 5) is 19.6. The first-order valence-corrected chi connectivity index (χ1v) is 16.0. The van der Waals surface area contributed by atoms with Crippen LogP contribution in [0.1, 0.15) is 34.8 Å². The number of aliphatic hydroxyl groups is 1. The highest BCUT2D eigenvalue weighted by molar-refractivity contribution is 6.35. The van der Waals surface area contributed by atoms with E-state index in [4.69, 9.17) is 57.0 Å². The molecule has 0 aliphatic carbocycles. The van der Waals surface area contributed by atoms with Gasteiger partial charge < -0.3 is 28.8 Å². The average molecular weight is 695 g/mol. The molecule has 1 aliphatic rings. The molecular weight excluding hydrogens is 657 g/mol. The summed E-state index contributed by atoms with van der Waals surface area (Å²) in [5.74, 6) is 2.04. The third-order valence-electron chi connectivity index (χ3n) is 7.88. The molecule has 0 saturated carbocycles. The van der Waals surface area contributed by atoms with Crippen molar-refractivity contribution < 1.29 is 33.6 Å². The van der Waals surface area contributed by atoms with Crippen molar-refractivity contribution >= 4 is 35.0 Å². The lowest BCUT2D eigenvalue weighted by molar-refractivity contribution is -0.130. The first-order chi connectivity index (χ1) is 23.3. The van der Waals surface area contributed by atoms with Crippen molar-refractivity contribution in [2.75, 3.05) is 34.5 Å². The van der Waals surface area contributed by atoms with Crippen LogP contribution >= 0.6 is 23.2 Å². The molecule has 12 heteroatoms. The second-order valence-corrected chi connectivity index (χ2v) is 11.8. The molecule has 0 fully saturated rings. The number of nitrogens with zero attached hydrogens (tertiary/aromatic N) is 1. The summed E-state index contributed by atoms with van der Waals surface area (Å²) in [5.41, 5.74) is 7.14. The van der Waals surface area contributed by atoms with Crippen molar-refractivity contribution in [1.82, 2.24) is 10.9 Å². The predicted octanol–water partition coefficient (Wildman–Crippen LogP) is 6.10. The second kappa shape index (κ2) is 16.1. The van der Waals surface area contributed by atoms with Crippen LogP contribution in [0.15, 0.2) is 89.9 Å². The van der Waals surface area contributed by atoms with E-state index < -0.39 is 17.6 Å². The number of methoxy groups -OCH3 is 3. The fourth-order valence-corrected chi connectivity index (χ4v) is 5.96. The molecule has 0 unspecified atom stereocenters. The lowest BCUT2D eigenvalue weighted by atomic mass is 9.82. The Kier molecular flexibility index (Phi) is 11.7. The van der Waals surface area contributed by atoms with E-state index in [0.29, 0.717) is 62.8 Å². The van der Waals surface area contributed by atoms with Gasteiger partial charge in [-0.25, -0.2) is 10.4 Å². The molecule has 48 heavy (non-hydrogen) atoms. The number of rotatable bonds is 15. The minimum absolute atomic E-state index is 0.0407. The molecule has 0 bridgehead atoms. The highest BCUT2D eigenvalue weighted by Crippen LogP contribution is 2.45. The standard InChI is InChI=1S/C36H37Cl2N3O7/c1-44-27-19-31(45-2)29(32(20-27)46-3)22-39-41-35(43)36(21-23-8-5-4-6-9-23)33(28-15-12-25(37)18-30(28)38)48-34(40-36)24-10-13-26(14-11-24)47-17-7-16-42/h4-6,8-15,18-20,33,39,42H,7,16-17,21-22H2,1-3H3,(H,41,43)/t33-,36-/m0/s1. The zero-order valence-corrected chi connectivity index (χ0v) is 28.3. The number of hydrogen-bond acceptors (Lipinski definition) is 9. The fraction of sp³-hybridized carbons (Fsp3) is 0.278. The number of hydrogen-bond donors (Lipinski definition) is 3. The number of carbonyl (C=O) groups is 1. The van der Waals surface area contributed by atoms with Gasteiger partial charge in [0.1, 0.15) is 23.0 Å². The van der Waals surface area contributed by atoms with E-state index in [1.165, 1.54) is 0 Å². The summed E-state index contributed by atoms with van der Waals surface area (Å²) in [6.07, 6.45) is -0.221. The summed E-state index contributed by atoms with van der Waals surface area (Å²) >= 11 is 13.0. The summed E-state index contributed by atoms with van der Waals surface area (Å²) in [7, 11) is 4.65. The number of benzene rings is 4. The van der Waals surface area contributed by atoms with Crippen LogP contribution in [-0.2, 0) is 22.5 Å². The van der Waals surface area contributed by atoms with Crippen molar-refractivity contribution in [3.8, 4) is 23.0 Å². The van der Waals surface area contributed by atoms with Crippen LogP contribution in [0, 0.1) is 0 Å². The smallest absolute Gasteiger partial charge is 0.266 e. The molecule has 3 N–H and O–H groups in total. The molecule has 10 nitrogen and oxygen atoms in total. The molecule has 0 saturated heterocycles. The van der Waals surface area contributed by atoms with E-state index in [9.17, 15) is 4.79 Å². The quantitative estimate of drug-likeness (QED) is 0.101. The Labute approximate surface area is 289 Å². The normalized spacial score (nSPS) is 16.9. The van der Waals surface area contributed by atoms with Gasteiger partial charge in [-0.1, -0.05) is 59.6 Å². The maximum Gasteiger partial charge on any atom is 0.266 e. The van der Waals surface area contributed by atoms with Crippen LogP contribution in [0.5, 0.6) is 23.0 Å². The lowest BCUT2D eigenvalue weighted by Crippen LogP contribution is -2.53. The van der Waals surface area contributed by atoms with Gasteiger partial charge in [0.25, 0.3) is 5.91 Å². The van der Waals surface area contributed by atoms with Gasteiger partial charge in [0, 0.05) is 59.3 Å². The zero-order chi connectivity index (χ0) is 34.1. The van der Waals surface area contributed by atoms with Crippen LogP contribution < -0.4 is 29.8 Å². The van der Waals surface area contributed by atoms with E-state index >= 15 is 0 Å². The van der Waals surface area contributed by atoms with Gasteiger partial charge in [0.05, 0.1) is 33.5 Å². The summed E-state index contributed by atoms with van der Waals surface area (Å²) in [6.45, 7) is 0.579. The Bertz CT molecular complexity index is 1710. The number of amides is 1. The molecule has 252 valence electrons. The zero-order valence-electron chi connectivity index (χ0n) is 26.8. The number of ether oxygens (including phenoxy) is 5. The molecule has 4 aromatic rings. The van der Waals surface area contributed by atoms with E-state index in [1.807, 2.05) is 42.5 Å². The Balaban J connectivity index is 1.53. The first kappa shape index (κ1) is 34.8. The van der Waals surface area contributed by atoms with Crippen LogP contribution in [-0.4, -0.2) is 57.0 Å². The summed E-state index contributed by atoms with van der Waals surface area (Å²) in [5, 5.41) is 9.86. The van der Waals surface area contributed by atoms with E-state index in [-0.39, 0.29) is 25.5 Å². The molecule has 1 aliphatic heterocycles. The molecule has 0 aromatic heterocycles. The van der Waals surface area contributed by atoms with Gasteiger partial charge in [-0.05, 0) is 42.0 Å². The number of carbonyl (C=O) groups excluding carboxylic acids is 1. The van der Waals surface area contributed by atoms with E-state index in [1.54, 1.807) is 63.8 Å². The third kappa shape index (κ3) is 7.79. The molecule has 2 atom stereocenters. The topological polar surface area (TPSA) is 120 Å². The lowest BCUT2D eigenvalue weighted by Gasteiger charge is -2.31. The summed E-state index contributed by atoms with van der Waals surface area (Å²) < 4.78 is 28.8. The van der Waals surface area contributed by atoms with Crippen molar-refractivity contribution in [3.05, 3.63) is 117 Å². The van der Waals surface area contributed by atoms with Crippen molar-refractivity contribution in [2.45, 2.75) is 31.0 Å². The minimum Gasteiger partial charge on any atom is -0.496 e. The molecular formula is C36H37Cl2N3O7. The van der Waals surface area contributed by atoms with Crippen LogP contribution in [0.2, 0.25) is 10.0 Å². The number of nitrogens with one attached hydrogen (secondary N) is 2. The van der Waals surface area contributed by atoms with Gasteiger partial charge in [0.15, 0.2) is 11.6 Å². The minimum atomic E-state index is -1.51. The molecule has 1 heterocycles. The number of aliphatic hydroxyl groups excluding tert-OH is 1. The Morgan fingerprint density at radius 1 is 0.917 bits per heavy atom. The maximum atomic E-state index is 14.6. The highest BCUT2D eigenvalue weighted by atomic mass is 35.5. The number of halogens is 2. The van der Waals surface area contributed by atoms with Crippen LogP contribution in [0.4, 0.5) is 0 Å². The monoisotopic (exact) mass is 693 g/mol. The van der Waals surface area contributed by atoms with Gasteiger partial charge >= 0.3 is 0 Å². The van der Waals surface area contributed by atoms with Crippen molar-refractivity contribution in [2.24, 2.45) is 4.99 Å². The molecule has 4 aromatic carbocycles. The van der Waals surface area contributed by atoms with E-state index in [0.717, 1.165) is 5.56 Å². The van der Waals surface area contributed by atoms with Gasteiger partial charge in [-0.2, -0.15) is 0 Å². The fourth-order valence-electron chi connectivity index (χ4n) is 5.45. The maximum absolute atomic E-state index is 14.6. The van der Waals surface area contributed by atoms with Gasteiger partial charge in [0.2, 0.25) is 5.90 Å². The van der Waals surface area contributed by atoms with Gasteiger partial charge in [-0.3, -0.25) is 10.2 Å². The predicted molar refractivity (Wildman–Crippen MR) is 184 cm³/mol. The molecule has 1 amide bonds. The second-order valence-electron chi connectivity index (χ2n) is 10.9. The Morgan fingerprint density at radius 2 is 1.62 bits per heavy atom. The first-order valence-electron chi connectivity index (χ1n) is 15.2. The number of aliphatic imine (C=N–C) groups is 1. The van der Waals surface area contributed by atoms with Crippen molar-refractivity contribution in [1.29, 1.82) is 0 Å². The van der Waals surface area contributed by atoms with Gasteiger partial charge in [-0.15, -0.1) is 0 Å². The third-order valence-corrected chi connectivity index (χ3v) is 8.44. The highest BCUT2D eigenvalue weighted by Gasteiger charge is 2.54. The summed E-state index contributed by atoms with van der Waals surface area (Å²) in [6, 6.07) is 25.3. The average Bonchev–Trinajstić information content (AvgIpc) is 3.48. The molecule has 0 radical (unpaired) electrons. The molecule has 5 rings (SSSR count).